The number of piperidine rings is 1. The van der Waals surface area contributed by atoms with E-state index in [0.717, 1.165) is 30.5 Å². The predicted molar refractivity (Wildman–Crippen MR) is 157 cm³/mol. The predicted octanol–water partition coefficient (Wildman–Crippen LogP) is 4.28. The highest BCUT2D eigenvalue weighted by molar-refractivity contribution is 5.76. The highest BCUT2D eigenvalue weighted by Crippen LogP contribution is 2.25. The number of nitrogens with zero attached hydrogens (tertiary/aromatic N) is 5. The van der Waals surface area contributed by atoms with Gasteiger partial charge in [-0.15, -0.1) is 0 Å². The van der Waals surface area contributed by atoms with E-state index in [9.17, 15) is 9.59 Å². The largest absolute Gasteiger partial charge is 0.444 e. The second kappa shape index (κ2) is 11.4. The highest BCUT2D eigenvalue weighted by Gasteiger charge is 2.28. The summed E-state index contributed by atoms with van der Waals surface area (Å²) in [5, 5.41) is 6.30. The van der Waals surface area contributed by atoms with Gasteiger partial charge in [-0.3, -0.25) is 13.9 Å². The number of alkyl carbamates (subject to hydrolysis) is 1. The zero-order valence-electron chi connectivity index (χ0n) is 23.6. The van der Waals surface area contributed by atoms with Crippen LogP contribution in [-0.2, 0) is 24.9 Å². The average Bonchev–Trinajstić information content (AvgIpc) is 3.28. The Hall–Kier alpha value is -4.34. The van der Waals surface area contributed by atoms with Gasteiger partial charge in [0.25, 0.3) is 5.56 Å². The summed E-state index contributed by atoms with van der Waals surface area (Å²) in [4.78, 5) is 38.0. The highest BCUT2D eigenvalue weighted by atomic mass is 16.6. The third kappa shape index (κ3) is 6.27. The number of hydrogen-bond acceptors (Lipinski definition) is 7. The van der Waals surface area contributed by atoms with Crippen molar-refractivity contribution in [1.29, 1.82) is 0 Å². The molecule has 0 bridgehead atoms. The normalized spacial score (nSPS) is 15.7. The van der Waals surface area contributed by atoms with Crippen molar-refractivity contribution in [2.45, 2.75) is 58.3 Å². The summed E-state index contributed by atoms with van der Waals surface area (Å²) in [5.74, 6) is 1.12. The van der Waals surface area contributed by atoms with Gasteiger partial charge in [0.2, 0.25) is 11.9 Å². The molecule has 1 fully saturated rings. The molecule has 210 valence electrons. The SMILES string of the molecule is Cn1c(NCc2ccccc2)nc2nc(N3CCCC(NC(=O)OC(C)(C)C)C3)n(Cc3ccccc3)c2c1=O. The number of anilines is 2. The topological polar surface area (TPSA) is 106 Å². The number of fused-ring (bicyclic) bond motifs is 1. The molecule has 2 aromatic heterocycles. The molecule has 0 saturated carbocycles. The van der Waals surface area contributed by atoms with Crippen molar-refractivity contribution in [1.82, 2.24) is 24.4 Å². The lowest BCUT2D eigenvalue weighted by Gasteiger charge is -2.34. The fraction of sp³-hybridized carbons (Fsp3) is 0.400. The molecule has 1 amide bonds. The number of imidazole rings is 1. The van der Waals surface area contributed by atoms with Crippen molar-refractivity contribution in [3.05, 3.63) is 82.1 Å². The summed E-state index contributed by atoms with van der Waals surface area (Å²) in [6.45, 7) is 7.86. The van der Waals surface area contributed by atoms with Crippen LogP contribution in [0.3, 0.4) is 0 Å². The Morgan fingerprint density at radius 3 is 2.38 bits per heavy atom. The summed E-state index contributed by atoms with van der Waals surface area (Å²) in [6, 6.07) is 19.9. The molecule has 0 spiro atoms. The molecule has 10 heteroatoms. The van der Waals surface area contributed by atoms with E-state index in [1.54, 1.807) is 11.6 Å². The number of carbonyl (C=O) groups is 1. The van der Waals surface area contributed by atoms with Gasteiger partial charge in [0.05, 0.1) is 6.54 Å². The Bertz CT molecular complexity index is 1520. The number of hydrogen-bond donors (Lipinski definition) is 2. The molecular formula is C30H37N7O3. The molecule has 10 nitrogen and oxygen atoms in total. The van der Waals surface area contributed by atoms with Crippen LogP contribution in [0.25, 0.3) is 11.2 Å². The third-order valence-electron chi connectivity index (χ3n) is 6.87. The minimum absolute atomic E-state index is 0.104. The Labute approximate surface area is 234 Å². The molecule has 2 N–H and O–H groups in total. The molecule has 0 aliphatic carbocycles. The number of amides is 1. The lowest BCUT2D eigenvalue weighted by Crippen LogP contribution is -2.49. The van der Waals surface area contributed by atoms with Crippen LogP contribution in [-0.4, -0.2) is 49.9 Å². The Morgan fingerprint density at radius 2 is 1.70 bits per heavy atom. The maximum atomic E-state index is 13.7. The van der Waals surface area contributed by atoms with Crippen LogP contribution in [0, 0.1) is 0 Å². The van der Waals surface area contributed by atoms with Crippen molar-refractivity contribution in [3.63, 3.8) is 0 Å². The smallest absolute Gasteiger partial charge is 0.407 e. The van der Waals surface area contributed by atoms with Gasteiger partial charge >= 0.3 is 6.09 Å². The molecular weight excluding hydrogens is 506 g/mol. The average molecular weight is 544 g/mol. The van der Waals surface area contributed by atoms with E-state index in [1.807, 2.05) is 86.0 Å². The standard InChI is InChI=1S/C30H37N7O3/c1-30(2,3)40-29(39)32-23-16-11-17-36(20-23)28-34-25-24(37(28)19-22-14-9-6-10-15-22)26(38)35(4)27(33-25)31-18-21-12-7-5-8-13-21/h5-10,12-15,23H,11,16-20H2,1-4H3,(H,31,33)(H,32,39). The van der Waals surface area contributed by atoms with E-state index in [-0.39, 0.29) is 11.6 Å². The van der Waals surface area contributed by atoms with Crippen LogP contribution >= 0.6 is 0 Å². The third-order valence-corrected chi connectivity index (χ3v) is 6.87. The van der Waals surface area contributed by atoms with Crippen molar-refractivity contribution >= 4 is 29.2 Å². The van der Waals surface area contributed by atoms with E-state index in [0.29, 0.717) is 42.7 Å². The fourth-order valence-electron chi connectivity index (χ4n) is 4.99. The van der Waals surface area contributed by atoms with Crippen LogP contribution in [0.4, 0.5) is 16.7 Å². The number of aromatic nitrogens is 4. The van der Waals surface area contributed by atoms with E-state index >= 15 is 0 Å². The first-order chi connectivity index (χ1) is 19.2. The monoisotopic (exact) mass is 543 g/mol. The van der Waals surface area contributed by atoms with Crippen molar-refractivity contribution in [2.75, 3.05) is 23.3 Å². The molecule has 1 saturated heterocycles. The number of nitrogens with one attached hydrogen (secondary N) is 2. The number of benzene rings is 2. The van der Waals surface area contributed by atoms with Crippen molar-refractivity contribution in [2.24, 2.45) is 7.05 Å². The van der Waals surface area contributed by atoms with E-state index in [2.05, 4.69) is 15.5 Å². The first-order valence-electron chi connectivity index (χ1n) is 13.7. The molecule has 1 aliphatic heterocycles. The molecule has 1 atom stereocenters. The van der Waals surface area contributed by atoms with Crippen LogP contribution in [0.15, 0.2) is 65.5 Å². The van der Waals surface area contributed by atoms with Gasteiger partial charge in [-0.1, -0.05) is 60.7 Å². The lowest BCUT2D eigenvalue weighted by molar-refractivity contribution is 0.0499. The minimum Gasteiger partial charge on any atom is -0.444 e. The summed E-state index contributed by atoms with van der Waals surface area (Å²) in [7, 11) is 1.73. The van der Waals surface area contributed by atoms with Crippen LogP contribution in [0.2, 0.25) is 0 Å². The Morgan fingerprint density at radius 1 is 1.02 bits per heavy atom. The van der Waals surface area contributed by atoms with Gasteiger partial charge in [0, 0.05) is 32.7 Å². The molecule has 4 aromatic rings. The molecule has 5 rings (SSSR count). The Balaban J connectivity index is 1.49. The Kier molecular flexibility index (Phi) is 7.77. The van der Waals surface area contributed by atoms with Crippen molar-refractivity contribution < 1.29 is 9.53 Å². The van der Waals surface area contributed by atoms with Crippen LogP contribution < -0.4 is 21.1 Å². The van der Waals surface area contributed by atoms with Gasteiger partial charge in [-0.2, -0.15) is 9.97 Å². The zero-order valence-corrected chi connectivity index (χ0v) is 23.6. The van der Waals surface area contributed by atoms with Crippen molar-refractivity contribution in [3.8, 4) is 0 Å². The summed E-state index contributed by atoms with van der Waals surface area (Å²) >= 11 is 0. The lowest BCUT2D eigenvalue weighted by atomic mass is 10.1. The van der Waals surface area contributed by atoms with Crippen LogP contribution in [0.5, 0.6) is 0 Å². The molecule has 1 aliphatic rings. The van der Waals surface area contributed by atoms with Gasteiger partial charge in [0.15, 0.2) is 11.2 Å². The fourth-order valence-corrected chi connectivity index (χ4v) is 4.99. The van der Waals surface area contributed by atoms with Crippen LogP contribution in [0.1, 0.15) is 44.7 Å². The van der Waals surface area contributed by atoms with Gasteiger partial charge in [-0.25, -0.2) is 4.79 Å². The van der Waals surface area contributed by atoms with E-state index in [4.69, 9.17) is 14.7 Å². The van der Waals surface area contributed by atoms with Gasteiger partial charge in [0.1, 0.15) is 5.60 Å². The summed E-state index contributed by atoms with van der Waals surface area (Å²) in [6.07, 6.45) is 1.27. The zero-order chi connectivity index (χ0) is 28.3. The number of ether oxygens (including phenoxy) is 1. The first-order valence-corrected chi connectivity index (χ1v) is 13.7. The summed E-state index contributed by atoms with van der Waals surface area (Å²) in [5.41, 5.74) is 2.25. The van der Waals surface area contributed by atoms with Gasteiger partial charge < -0.3 is 20.3 Å². The second-order valence-electron chi connectivity index (χ2n) is 11.2. The maximum absolute atomic E-state index is 13.7. The first kappa shape index (κ1) is 27.2. The number of carbonyl (C=O) groups excluding carboxylic acids is 1. The quantitative estimate of drug-likeness (QED) is 0.358. The summed E-state index contributed by atoms with van der Waals surface area (Å²) < 4.78 is 8.98. The molecule has 1 unspecified atom stereocenters. The van der Waals surface area contributed by atoms with E-state index in [1.165, 1.54) is 0 Å². The molecule has 40 heavy (non-hydrogen) atoms. The molecule has 3 heterocycles. The maximum Gasteiger partial charge on any atom is 0.407 e. The molecule has 2 aromatic carbocycles. The molecule has 0 radical (unpaired) electrons. The number of rotatable bonds is 7. The second-order valence-corrected chi connectivity index (χ2v) is 11.2. The minimum atomic E-state index is -0.569. The van der Waals surface area contributed by atoms with Gasteiger partial charge in [-0.05, 0) is 44.7 Å². The van der Waals surface area contributed by atoms with E-state index < -0.39 is 11.7 Å².